The van der Waals surface area contributed by atoms with E-state index in [-0.39, 0.29) is 0 Å². The van der Waals surface area contributed by atoms with E-state index in [0.717, 1.165) is 18.7 Å². The fourth-order valence-electron chi connectivity index (χ4n) is 2.18. The predicted octanol–water partition coefficient (Wildman–Crippen LogP) is 2.90. The molecule has 0 aliphatic carbocycles. The minimum Gasteiger partial charge on any atom is -0.332 e. The van der Waals surface area contributed by atoms with Gasteiger partial charge in [0, 0.05) is 30.9 Å². The third-order valence-corrected chi connectivity index (χ3v) is 3.96. The Bertz CT molecular complexity index is 493. The van der Waals surface area contributed by atoms with E-state index >= 15 is 0 Å². The Morgan fingerprint density at radius 2 is 2.33 bits per heavy atom. The third kappa shape index (κ3) is 3.06. The van der Waals surface area contributed by atoms with E-state index in [9.17, 15) is 0 Å². The number of aromatic nitrogens is 2. The van der Waals surface area contributed by atoms with Crippen molar-refractivity contribution in [2.45, 2.75) is 26.4 Å². The molecule has 0 unspecified atom stereocenters. The molecule has 0 spiro atoms. The first-order chi connectivity index (χ1) is 8.86. The minimum absolute atomic E-state index is 0.902. The largest absolute Gasteiger partial charge is 0.332 e. The molecule has 2 aromatic heterocycles. The summed E-state index contributed by atoms with van der Waals surface area (Å²) in [5, 5.41) is 4.49. The molecule has 2 aromatic rings. The second kappa shape index (κ2) is 6.81. The number of hydrogen-bond acceptors (Lipinski definition) is 3. The van der Waals surface area contributed by atoms with Crippen LogP contribution in [0.4, 0.5) is 0 Å². The van der Waals surface area contributed by atoms with E-state index in [1.54, 1.807) is 0 Å². The second-order valence-electron chi connectivity index (χ2n) is 4.30. The molecule has 2 heterocycles. The number of nitrogens with zero attached hydrogens (tertiary/aromatic N) is 2. The molecular weight excluding hydrogens is 242 g/mol. The minimum atomic E-state index is 0.902. The van der Waals surface area contributed by atoms with Crippen LogP contribution in [0, 0.1) is 0 Å². The average molecular weight is 263 g/mol. The molecule has 18 heavy (non-hydrogen) atoms. The Morgan fingerprint density at radius 3 is 3.11 bits per heavy atom. The molecule has 0 saturated heterocycles. The van der Waals surface area contributed by atoms with Crippen molar-refractivity contribution in [1.82, 2.24) is 14.9 Å². The van der Waals surface area contributed by atoms with Gasteiger partial charge in [-0.25, -0.2) is 4.98 Å². The van der Waals surface area contributed by atoms with E-state index in [4.69, 9.17) is 0 Å². The highest BCUT2D eigenvalue weighted by atomic mass is 32.2. The summed E-state index contributed by atoms with van der Waals surface area (Å²) in [7, 11) is 1.98. The Morgan fingerprint density at radius 1 is 1.44 bits per heavy atom. The van der Waals surface area contributed by atoms with Crippen molar-refractivity contribution >= 4 is 22.8 Å². The van der Waals surface area contributed by atoms with Crippen molar-refractivity contribution in [2.75, 3.05) is 18.6 Å². The molecule has 0 aromatic carbocycles. The maximum atomic E-state index is 4.51. The number of thioether (sulfide) groups is 1. The van der Waals surface area contributed by atoms with Crippen LogP contribution in [0.3, 0.4) is 0 Å². The van der Waals surface area contributed by atoms with Gasteiger partial charge in [0.1, 0.15) is 5.65 Å². The van der Waals surface area contributed by atoms with Crippen molar-refractivity contribution in [2.24, 2.45) is 0 Å². The van der Waals surface area contributed by atoms with E-state index in [0.29, 0.717) is 0 Å². The summed E-state index contributed by atoms with van der Waals surface area (Å²) in [6.07, 6.45) is 5.32. The number of aryl methyl sites for hydroxylation is 1. The topological polar surface area (TPSA) is 29.9 Å². The Labute approximate surface area is 113 Å². The Balaban J connectivity index is 2.16. The van der Waals surface area contributed by atoms with Gasteiger partial charge >= 0.3 is 0 Å². The summed E-state index contributed by atoms with van der Waals surface area (Å²) in [5.74, 6) is 2.43. The lowest BCUT2D eigenvalue weighted by Crippen LogP contribution is -2.04. The maximum absolute atomic E-state index is 4.51. The highest BCUT2D eigenvalue weighted by molar-refractivity contribution is 7.99. The Hall–Kier alpha value is -1.00. The first kappa shape index (κ1) is 13.4. The number of pyridine rings is 1. The Kier molecular flexibility index (Phi) is 5.08. The summed E-state index contributed by atoms with van der Waals surface area (Å²) < 4.78 is 2.29. The standard InChI is InChI=1S/C14H21N3S/c1-3-18-9-5-8-17-11-12(10-15-2)13-6-4-7-16-14(13)17/h4,6-7,11,15H,3,5,8-10H2,1-2H3. The fourth-order valence-corrected chi connectivity index (χ4v) is 2.80. The van der Waals surface area contributed by atoms with E-state index < -0.39 is 0 Å². The molecule has 3 nitrogen and oxygen atoms in total. The SMILES string of the molecule is CCSCCCn1cc(CNC)c2cccnc21. The van der Waals surface area contributed by atoms with Gasteiger partial charge in [0.2, 0.25) is 0 Å². The average Bonchev–Trinajstić information content (AvgIpc) is 2.74. The zero-order chi connectivity index (χ0) is 12.8. The van der Waals surface area contributed by atoms with Gasteiger partial charge in [-0.05, 0) is 42.7 Å². The molecule has 0 radical (unpaired) electrons. The predicted molar refractivity (Wildman–Crippen MR) is 80.1 cm³/mol. The zero-order valence-electron chi connectivity index (χ0n) is 11.1. The number of fused-ring (bicyclic) bond motifs is 1. The number of rotatable bonds is 7. The summed E-state index contributed by atoms with van der Waals surface area (Å²) >= 11 is 2.00. The zero-order valence-corrected chi connectivity index (χ0v) is 12.0. The highest BCUT2D eigenvalue weighted by Gasteiger charge is 2.07. The monoisotopic (exact) mass is 263 g/mol. The number of hydrogen-bond donors (Lipinski definition) is 1. The summed E-state index contributed by atoms with van der Waals surface area (Å²) in [6, 6.07) is 4.17. The fraction of sp³-hybridized carbons (Fsp3) is 0.500. The van der Waals surface area contributed by atoms with Gasteiger partial charge in [-0.15, -0.1) is 0 Å². The molecule has 0 saturated carbocycles. The van der Waals surface area contributed by atoms with E-state index in [1.165, 1.54) is 28.9 Å². The lowest BCUT2D eigenvalue weighted by molar-refractivity contribution is 0.697. The van der Waals surface area contributed by atoms with Crippen LogP contribution in [0.25, 0.3) is 11.0 Å². The van der Waals surface area contributed by atoms with E-state index in [1.807, 2.05) is 31.1 Å². The van der Waals surface area contributed by atoms with Gasteiger partial charge < -0.3 is 9.88 Å². The summed E-state index contributed by atoms with van der Waals surface area (Å²) in [4.78, 5) is 4.51. The molecule has 0 aliphatic rings. The normalized spacial score (nSPS) is 11.2. The molecule has 0 atom stereocenters. The maximum Gasteiger partial charge on any atom is 0.140 e. The molecule has 0 aliphatic heterocycles. The molecule has 0 bridgehead atoms. The van der Waals surface area contributed by atoms with Crippen LogP contribution in [0.2, 0.25) is 0 Å². The quantitative estimate of drug-likeness (QED) is 0.779. The van der Waals surface area contributed by atoms with Gasteiger partial charge in [-0.2, -0.15) is 11.8 Å². The molecule has 1 N–H and O–H groups in total. The summed E-state index contributed by atoms with van der Waals surface area (Å²) in [5.41, 5.74) is 2.45. The van der Waals surface area contributed by atoms with Crippen molar-refractivity contribution in [1.29, 1.82) is 0 Å². The van der Waals surface area contributed by atoms with E-state index in [2.05, 4.69) is 34.1 Å². The third-order valence-electron chi connectivity index (χ3n) is 2.98. The van der Waals surface area contributed by atoms with Crippen LogP contribution in [-0.2, 0) is 13.1 Å². The molecule has 0 fully saturated rings. The molecule has 0 amide bonds. The highest BCUT2D eigenvalue weighted by Crippen LogP contribution is 2.19. The van der Waals surface area contributed by atoms with Crippen molar-refractivity contribution < 1.29 is 0 Å². The lowest BCUT2D eigenvalue weighted by Gasteiger charge is -2.03. The van der Waals surface area contributed by atoms with Gasteiger partial charge in [0.25, 0.3) is 0 Å². The van der Waals surface area contributed by atoms with Gasteiger partial charge in [-0.3, -0.25) is 0 Å². The smallest absolute Gasteiger partial charge is 0.140 e. The second-order valence-corrected chi connectivity index (χ2v) is 5.70. The van der Waals surface area contributed by atoms with Crippen LogP contribution in [0.15, 0.2) is 24.5 Å². The molecular formula is C14H21N3S. The van der Waals surface area contributed by atoms with Crippen molar-refractivity contribution in [3.63, 3.8) is 0 Å². The number of nitrogens with one attached hydrogen (secondary N) is 1. The molecule has 98 valence electrons. The van der Waals surface area contributed by atoms with Crippen LogP contribution in [-0.4, -0.2) is 28.1 Å². The first-order valence-electron chi connectivity index (χ1n) is 6.52. The van der Waals surface area contributed by atoms with Gasteiger partial charge in [-0.1, -0.05) is 6.92 Å². The van der Waals surface area contributed by atoms with Crippen LogP contribution in [0.5, 0.6) is 0 Å². The lowest BCUT2D eigenvalue weighted by atomic mass is 10.2. The van der Waals surface area contributed by atoms with Crippen LogP contribution in [0.1, 0.15) is 18.9 Å². The molecule has 4 heteroatoms. The van der Waals surface area contributed by atoms with Crippen molar-refractivity contribution in [3.05, 3.63) is 30.1 Å². The first-order valence-corrected chi connectivity index (χ1v) is 7.67. The molecule has 2 rings (SSSR count). The van der Waals surface area contributed by atoms with Gasteiger partial charge in [0.05, 0.1) is 0 Å². The summed E-state index contributed by atoms with van der Waals surface area (Å²) in [6.45, 7) is 4.17. The van der Waals surface area contributed by atoms with Crippen LogP contribution >= 0.6 is 11.8 Å². The van der Waals surface area contributed by atoms with Crippen LogP contribution < -0.4 is 5.32 Å². The van der Waals surface area contributed by atoms with Crippen molar-refractivity contribution in [3.8, 4) is 0 Å². The van der Waals surface area contributed by atoms with Gasteiger partial charge in [0.15, 0.2) is 0 Å².